The smallest absolute Gasteiger partial charge is 0.267 e. The molecule has 0 aliphatic rings. The number of hydrogen-bond donors (Lipinski definition) is 1. The number of fused-ring (bicyclic) bond motifs is 3. The zero-order valence-electron chi connectivity index (χ0n) is 16.5. The summed E-state index contributed by atoms with van der Waals surface area (Å²) in [4.78, 5) is 17.0. The zero-order valence-corrected chi connectivity index (χ0v) is 16.5. The Morgan fingerprint density at radius 1 is 1.25 bits per heavy atom. The minimum absolute atomic E-state index is 0.0573. The Bertz CT molecular complexity index is 1080. The van der Waals surface area contributed by atoms with E-state index < -0.39 is 6.43 Å². The number of ether oxygens (including phenoxy) is 1. The lowest BCUT2D eigenvalue weighted by Crippen LogP contribution is -2.29. The molecule has 1 atom stereocenters. The van der Waals surface area contributed by atoms with Crippen LogP contribution in [0.4, 0.5) is 8.78 Å². The molecule has 150 valence electrons. The van der Waals surface area contributed by atoms with E-state index >= 15 is 0 Å². The molecule has 1 aromatic carbocycles. The standard InChI is InChI=1S/C21H25F2N3O2/c1-11(2)7-13(24)10-28-18-9-17-15(8-16(18)20(22)23)14-5-6-25-12(3)19(14)21(27)26(17)4/h5-6,8-9,11,13,20H,7,10,24H2,1-4H3. The third kappa shape index (κ3) is 3.71. The predicted octanol–water partition coefficient (Wildman–Crippen LogP) is 4.08. The number of aromatic nitrogens is 2. The van der Waals surface area contributed by atoms with Crippen LogP contribution in [0.3, 0.4) is 0 Å². The van der Waals surface area contributed by atoms with Crippen LogP contribution in [0.5, 0.6) is 5.75 Å². The van der Waals surface area contributed by atoms with Crippen LogP contribution in [0.1, 0.15) is 38.0 Å². The van der Waals surface area contributed by atoms with E-state index in [-0.39, 0.29) is 29.5 Å². The maximum absolute atomic E-state index is 13.8. The normalized spacial score (nSPS) is 13.0. The van der Waals surface area contributed by atoms with E-state index in [1.165, 1.54) is 16.7 Å². The van der Waals surface area contributed by atoms with E-state index in [2.05, 4.69) is 4.98 Å². The molecule has 7 heteroatoms. The molecule has 3 rings (SSSR count). The van der Waals surface area contributed by atoms with Gasteiger partial charge in [0, 0.05) is 30.7 Å². The minimum Gasteiger partial charge on any atom is -0.491 e. The van der Waals surface area contributed by atoms with Crippen molar-refractivity contribution in [1.82, 2.24) is 9.55 Å². The van der Waals surface area contributed by atoms with E-state index in [0.717, 1.165) is 6.42 Å². The van der Waals surface area contributed by atoms with Crippen molar-refractivity contribution in [2.45, 2.75) is 39.7 Å². The number of nitrogens with zero attached hydrogens (tertiary/aromatic N) is 2. The lowest BCUT2D eigenvalue weighted by molar-refractivity contribution is 0.144. The summed E-state index contributed by atoms with van der Waals surface area (Å²) in [5.74, 6) is 0.440. The van der Waals surface area contributed by atoms with Crippen molar-refractivity contribution in [2.24, 2.45) is 18.7 Å². The summed E-state index contributed by atoms with van der Waals surface area (Å²) >= 11 is 0. The first kappa shape index (κ1) is 20.2. The number of halogens is 2. The molecule has 0 fully saturated rings. The fraction of sp³-hybridized carbons (Fsp3) is 0.429. The van der Waals surface area contributed by atoms with Gasteiger partial charge in [0.2, 0.25) is 0 Å². The Kier molecular flexibility index (Phi) is 5.65. The van der Waals surface area contributed by atoms with Crippen LogP contribution in [-0.2, 0) is 7.05 Å². The number of nitrogens with two attached hydrogens (primary N) is 1. The summed E-state index contributed by atoms with van der Waals surface area (Å²) in [5.41, 5.74) is 6.70. The Labute approximate surface area is 162 Å². The molecule has 0 bridgehead atoms. The number of rotatable bonds is 6. The predicted molar refractivity (Wildman–Crippen MR) is 107 cm³/mol. The van der Waals surface area contributed by atoms with E-state index in [1.807, 2.05) is 13.8 Å². The van der Waals surface area contributed by atoms with Crippen LogP contribution in [0.25, 0.3) is 21.7 Å². The van der Waals surface area contributed by atoms with E-state index in [0.29, 0.717) is 33.3 Å². The highest BCUT2D eigenvalue weighted by Crippen LogP contribution is 2.35. The van der Waals surface area contributed by atoms with Gasteiger partial charge in [0.15, 0.2) is 0 Å². The summed E-state index contributed by atoms with van der Waals surface area (Å²) in [6.07, 6.45) is -0.406. The van der Waals surface area contributed by atoms with Gasteiger partial charge in [0.25, 0.3) is 12.0 Å². The van der Waals surface area contributed by atoms with Crippen LogP contribution in [-0.4, -0.2) is 22.2 Å². The minimum atomic E-state index is -2.71. The maximum atomic E-state index is 13.8. The highest BCUT2D eigenvalue weighted by atomic mass is 19.3. The molecular weight excluding hydrogens is 364 g/mol. The van der Waals surface area contributed by atoms with Crippen molar-refractivity contribution in [3.8, 4) is 5.75 Å². The molecule has 3 aromatic rings. The van der Waals surface area contributed by atoms with Gasteiger partial charge in [-0.2, -0.15) is 0 Å². The zero-order chi connectivity index (χ0) is 20.6. The molecule has 2 heterocycles. The molecule has 0 aliphatic carbocycles. The number of alkyl halides is 2. The van der Waals surface area contributed by atoms with Crippen molar-refractivity contribution in [3.05, 3.63) is 46.0 Å². The number of aryl methyl sites for hydroxylation is 2. The molecule has 2 aromatic heterocycles. The Hall–Kier alpha value is -2.54. The first-order chi connectivity index (χ1) is 13.2. The van der Waals surface area contributed by atoms with Gasteiger partial charge < -0.3 is 15.0 Å². The lowest BCUT2D eigenvalue weighted by atomic mass is 10.0. The van der Waals surface area contributed by atoms with Crippen LogP contribution in [0.2, 0.25) is 0 Å². The molecule has 1 unspecified atom stereocenters. The van der Waals surface area contributed by atoms with Gasteiger partial charge in [0.1, 0.15) is 12.4 Å². The second-order valence-corrected chi connectivity index (χ2v) is 7.59. The van der Waals surface area contributed by atoms with Crippen LogP contribution in [0.15, 0.2) is 29.2 Å². The van der Waals surface area contributed by atoms with Crippen molar-refractivity contribution in [3.63, 3.8) is 0 Å². The monoisotopic (exact) mass is 389 g/mol. The highest BCUT2D eigenvalue weighted by molar-refractivity contribution is 6.06. The Balaban J connectivity index is 2.18. The largest absolute Gasteiger partial charge is 0.491 e. The second kappa shape index (κ2) is 7.83. The van der Waals surface area contributed by atoms with Crippen LogP contribution in [0, 0.1) is 12.8 Å². The third-order valence-corrected chi connectivity index (χ3v) is 4.90. The summed E-state index contributed by atoms with van der Waals surface area (Å²) in [6.45, 7) is 5.95. The molecule has 0 aliphatic heterocycles. The first-order valence-electron chi connectivity index (χ1n) is 9.29. The van der Waals surface area contributed by atoms with Gasteiger partial charge in [-0.25, -0.2) is 8.78 Å². The van der Waals surface area contributed by atoms with Gasteiger partial charge in [0.05, 0.1) is 22.2 Å². The number of benzene rings is 1. The van der Waals surface area contributed by atoms with Gasteiger partial charge in [-0.3, -0.25) is 9.78 Å². The second-order valence-electron chi connectivity index (χ2n) is 7.59. The van der Waals surface area contributed by atoms with Gasteiger partial charge in [-0.15, -0.1) is 0 Å². The molecule has 28 heavy (non-hydrogen) atoms. The fourth-order valence-electron chi connectivity index (χ4n) is 3.58. The molecule has 2 N–H and O–H groups in total. The lowest BCUT2D eigenvalue weighted by Gasteiger charge is -2.19. The SMILES string of the molecule is Cc1nccc2c1c(=O)n(C)c1cc(OCC(N)CC(C)C)c(C(F)F)cc21. The summed E-state index contributed by atoms with van der Waals surface area (Å²) in [5, 5.41) is 1.61. The van der Waals surface area contributed by atoms with E-state index in [1.54, 1.807) is 26.2 Å². The molecule has 0 spiro atoms. The summed E-state index contributed by atoms with van der Waals surface area (Å²) in [7, 11) is 1.62. The third-order valence-electron chi connectivity index (χ3n) is 4.90. The van der Waals surface area contributed by atoms with Crippen molar-refractivity contribution >= 4 is 21.7 Å². The number of hydrogen-bond acceptors (Lipinski definition) is 4. The molecule has 5 nitrogen and oxygen atoms in total. The first-order valence-corrected chi connectivity index (χ1v) is 9.29. The van der Waals surface area contributed by atoms with Crippen molar-refractivity contribution in [1.29, 1.82) is 0 Å². The van der Waals surface area contributed by atoms with Gasteiger partial charge in [-0.1, -0.05) is 13.8 Å². The quantitative estimate of drug-likeness (QED) is 0.645. The highest BCUT2D eigenvalue weighted by Gasteiger charge is 2.20. The summed E-state index contributed by atoms with van der Waals surface area (Å²) < 4.78 is 34.6. The van der Waals surface area contributed by atoms with Gasteiger partial charge in [-0.05, 0) is 36.8 Å². The molecular formula is C21H25F2N3O2. The maximum Gasteiger partial charge on any atom is 0.267 e. The van der Waals surface area contributed by atoms with Gasteiger partial charge >= 0.3 is 0 Å². The average molecular weight is 389 g/mol. The van der Waals surface area contributed by atoms with E-state index in [4.69, 9.17) is 10.5 Å². The average Bonchev–Trinajstić information content (AvgIpc) is 2.63. The fourth-order valence-corrected chi connectivity index (χ4v) is 3.58. The van der Waals surface area contributed by atoms with Crippen LogP contribution < -0.4 is 16.0 Å². The molecule has 0 saturated carbocycles. The Morgan fingerprint density at radius 3 is 2.61 bits per heavy atom. The number of pyridine rings is 2. The van der Waals surface area contributed by atoms with Crippen molar-refractivity contribution < 1.29 is 13.5 Å². The topological polar surface area (TPSA) is 70.1 Å². The Morgan fingerprint density at radius 2 is 1.96 bits per heavy atom. The molecule has 0 saturated heterocycles. The van der Waals surface area contributed by atoms with E-state index in [9.17, 15) is 13.6 Å². The van der Waals surface area contributed by atoms with Crippen molar-refractivity contribution in [2.75, 3.05) is 6.61 Å². The summed E-state index contributed by atoms with van der Waals surface area (Å²) in [6, 6.07) is 4.34. The van der Waals surface area contributed by atoms with Crippen LogP contribution >= 0.6 is 0 Å². The molecule has 0 amide bonds. The molecule has 0 radical (unpaired) electrons.